The van der Waals surface area contributed by atoms with Crippen LogP contribution in [-0.4, -0.2) is 54.5 Å². The van der Waals surface area contributed by atoms with Crippen LogP contribution >= 0.6 is 0 Å². The summed E-state index contributed by atoms with van der Waals surface area (Å²) in [5.74, 6) is 2.59. The van der Waals surface area contributed by atoms with Gasteiger partial charge in [0, 0.05) is 44.1 Å². The lowest BCUT2D eigenvalue weighted by molar-refractivity contribution is -0.135. The molecule has 4 saturated carbocycles. The number of hydrogen-bond acceptors (Lipinski definition) is 3. The largest absolute Gasteiger partial charge is 0.356 e. The summed E-state index contributed by atoms with van der Waals surface area (Å²) in [5.41, 5.74) is 0.00305. The molecule has 0 radical (unpaired) electrons. The molecule has 4 amide bonds. The van der Waals surface area contributed by atoms with Crippen LogP contribution in [0.15, 0.2) is 0 Å². The Hall–Kier alpha value is -1.79. The summed E-state index contributed by atoms with van der Waals surface area (Å²) in [4.78, 5) is 38.9. The molecule has 7 heteroatoms. The Labute approximate surface area is 180 Å². The number of carbonyl (C=O) groups excluding carboxylic acids is 3. The average molecular weight is 419 g/mol. The second-order valence-corrected chi connectivity index (χ2v) is 10.3. The second kappa shape index (κ2) is 9.15. The highest BCUT2D eigenvalue weighted by atomic mass is 16.2. The quantitative estimate of drug-likeness (QED) is 0.593. The molecule has 168 valence electrons. The van der Waals surface area contributed by atoms with Crippen LogP contribution < -0.4 is 16.0 Å². The first-order valence-electron chi connectivity index (χ1n) is 12.1. The van der Waals surface area contributed by atoms with E-state index in [9.17, 15) is 14.4 Å². The minimum atomic E-state index is -0.115. The van der Waals surface area contributed by atoms with Gasteiger partial charge in [0.05, 0.1) is 0 Å². The molecular formula is C23H38N4O3. The maximum Gasteiger partial charge on any atom is 0.315 e. The number of urea groups is 1. The molecule has 1 heterocycles. The van der Waals surface area contributed by atoms with Gasteiger partial charge in [-0.2, -0.15) is 0 Å². The zero-order valence-corrected chi connectivity index (χ0v) is 18.4. The summed E-state index contributed by atoms with van der Waals surface area (Å²) in [6.45, 7) is 4.38. The van der Waals surface area contributed by atoms with E-state index in [1.54, 1.807) is 0 Å². The van der Waals surface area contributed by atoms with Gasteiger partial charge in [0.2, 0.25) is 11.8 Å². The molecule has 0 aromatic heterocycles. The summed E-state index contributed by atoms with van der Waals surface area (Å²) >= 11 is 0. The SMILES string of the molecule is CCCNC(=O)C1CCN(C(=O)CCNC(=O)NC23CC4CC(CC(C4)C2)C3)CC1. The predicted molar refractivity (Wildman–Crippen MR) is 115 cm³/mol. The normalized spacial score (nSPS) is 32.7. The van der Waals surface area contributed by atoms with E-state index in [1.165, 1.54) is 19.3 Å². The van der Waals surface area contributed by atoms with Crippen LogP contribution in [0.4, 0.5) is 4.79 Å². The van der Waals surface area contributed by atoms with Gasteiger partial charge < -0.3 is 20.9 Å². The Bertz CT molecular complexity index is 622. The van der Waals surface area contributed by atoms with Gasteiger partial charge in [-0.15, -0.1) is 0 Å². The summed E-state index contributed by atoms with van der Waals surface area (Å²) in [6.07, 6.45) is 10.2. The van der Waals surface area contributed by atoms with E-state index in [0.717, 1.165) is 62.8 Å². The molecule has 5 aliphatic rings. The van der Waals surface area contributed by atoms with E-state index in [-0.39, 0.29) is 29.3 Å². The summed E-state index contributed by atoms with van der Waals surface area (Å²) < 4.78 is 0. The lowest BCUT2D eigenvalue weighted by Crippen LogP contribution is -2.61. The highest BCUT2D eigenvalue weighted by molar-refractivity contribution is 5.80. The van der Waals surface area contributed by atoms with Crippen LogP contribution in [0, 0.1) is 23.7 Å². The lowest BCUT2D eigenvalue weighted by Gasteiger charge is -2.56. The van der Waals surface area contributed by atoms with Gasteiger partial charge in [0.1, 0.15) is 0 Å². The van der Waals surface area contributed by atoms with Crippen molar-refractivity contribution in [2.45, 2.75) is 76.7 Å². The molecule has 0 atom stereocenters. The third-order valence-electron chi connectivity index (χ3n) is 7.81. The molecule has 5 fully saturated rings. The number of piperidine rings is 1. The van der Waals surface area contributed by atoms with Crippen LogP contribution in [0.2, 0.25) is 0 Å². The van der Waals surface area contributed by atoms with E-state index in [1.807, 2.05) is 11.8 Å². The maximum atomic E-state index is 12.5. The van der Waals surface area contributed by atoms with E-state index >= 15 is 0 Å². The van der Waals surface area contributed by atoms with Crippen molar-refractivity contribution in [1.29, 1.82) is 0 Å². The van der Waals surface area contributed by atoms with Gasteiger partial charge in [0.25, 0.3) is 0 Å². The Morgan fingerprint density at radius 1 is 0.900 bits per heavy atom. The van der Waals surface area contributed by atoms with Crippen LogP contribution in [0.3, 0.4) is 0 Å². The van der Waals surface area contributed by atoms with Gasteiger partial charge in [-0.05, 0) is 75.5 Å². The summed E-state index contributed by atoms with van der Waals surface area (Å²) in [7, 11) is 0. The van der Waals surface area contributed by atoms with Crippen LogP contribution in [0.5, 0.6) is 0 Å². The highest BCUT2D eigenvalue weighted by Crippen LogP contribution is 2.55. The fourth-order valence-corrected chi connectivity index (χ4v) is 6.77. The fraction of sp³-hybridized carbons (Fsp3) is 0.870. The van der Waals surface area contributed by atoms with E-state index in [0.29, 0.717) is 26.1 Å². The topological polar surface area (TPSA) is 90.5 Å². The molecule has 0 spiro atoms. The van der Waals surface area contributed by atoms with Gasteiger partial charge in [-0.25, -0.2) is 4.79 Å². The highest BCUT2D eigenvalue weighted by Gasteiger charge is 2.51. The third kappa shape index (κ3) is 4.92. The number of nitrogens with one attached hydrogen (secondary N) is 3. The number of amides is 4. The van der Waals surface area contributed by atoms with Crippen LogP contribution in [0.1, 0.15) is 71.1 Å². The number of carbonyl (C=O) groups is 3. The van der Waals surface area contributed by atoms with E-state index < -0.39 is 0 Å². The number of rotatable bonds is 7. The molecule has 0 aromatic rings. The van der Waals surface area contributed by atoms with Crippen molar-refractivity contribution in [2.75, 3.05) is 26.2 Å². The lowest BCUT2D eigenvalue weighted by atomic mass is 9.53. The number of likely N-dealkylation sites (tertiary alicyclic amines) is 1. The van der Waals surface area contributed by atoms with Gasteiger partial charge in [0.15, 0.2) is 0 Å². The van der Waals surface area contributed by atoms with Crippen molar-refractivity contribution in [2.24, 2.45) is 23.7 Å². The second-order valence-electron chi connectivity index (χ2n) is 10.3. The summed E-state index contributed by atoms with van der Waals surface area (Å²) in [6, 6.07) is -0.115. The van der Waals surface area contributed by atoms with Crippen molar-refractivity contribution in [1.82, 2.24) is 20.9 Å². The Balaban J connectivity index is 1.14. The Morgan fingerprint density at radius 2 is 1.50 bits per heavy atom. The first kappa shape index (κ1) is 21.4. The predicted octanol–water partition coefficient (Wildman–Crippen LogP) is 2.41. The molecule has 5 rings (SSSR count). The number of hydrogen-bond donors (Lipinski definition) is 3. The van der Waals surface area contributed by atoms with Crippen molar-refractivity contribution >= 4 is 17.8 Å². The standard InChI is InChI=1S/C23H38N4O3/c1-2-6-24-21(29)19-4-8-27(9-5-19)20(28)3-7-25-22(30)26-23-13-16-10-17(14-23)12-18(11-16)15-23/h16-19H,2-15H2,1H3,(H,24,29)(H2,25,26,30). The average Bonchev–Trinajstić information content (AvgIpc) is 2.70. The minimum absolute atomic E-state index is 0.00305. The molecule has 30 heavy (non-hydrogen) atoms. The van der Waals surface area contributed by atoms with Crippen molar-refractivity contribution in [3.05, 3.63) is 0 Å². The molecule has 4 bridgehead atoms. The zero-order valence-electron chi connectivity index (χ0n) is 18.4. The molecule has 3 N–H and O–H groups in total. The molecule has 4 aliphatic carbocycles. The van der Waals surface area contributed by atoms with Gasteiger partial charge >= 0.3 is 6.03 Å². The molecule has 0 aromatic carbocycles. The van der Waals surface area contributed by atoms with Crippen molar-refractivity contribution in [3.8, 4) is 0 Å². The van der Waals surface area contributed by atoms with Crippen LogP contribution in [-0.2, 0) is 9.59 Å². The number of nitrogens with zero attached hydrogens (tertiary/aromatic N) is 1. The monoisotopic (exact) mass is 418 g/mol. The molecule has 0 unspecified atom stereocenters. The molecule has 1 aliphatic heterocycles. The first-order chi connectivity index (χ1) is 14.5. The molecule has 7 nitrogen and oxygen atoms in total. The third-order valence-corrected chi connectivity index (χ3v) is 7.81. The maximum absolute atomic E-state index is 12.5. The fourth-order valence-electron chi connectivity index (χ4n) is 6.77. The molecule has 1 saturated heterocycles. The van der Waals surface area contributed by atoms with E-state index in [4.69, 9.17) is 0 Å². The molecular weight excluding hydrogens is 380 g/mol. The van der Waals surface area contributed by atoms with Gasteiger partial charge in [-0.1, -0.05) is 6.92 Å². The van der Waals surface area contributed by atoms with Crippen LogP contribution in [0.25, 0.3) is 0 Å². The minimum Gasteiger partial charge on any atom is -0.356 e. The zero-order chi connectivity index (χ0) is 21.1. The van der Waals surface area contributed by atoms with E-state index in [2.05, 4.69) is 16.0 Å². The van der Waals surface area contributed by atoms with Gasteiger partial charge in [-0.3, -0.25) is 9.59 Å². The van der Waals surface area contributed by atoms with Crippen molar-refractivity contribution < 1.29 is 14.4 Å². The summed E-state index contributed by atoms with van der Waals surface area (Å²) in [5, 5.41) is 9.16. The first-order valence-corrected chi connectivity index (χ1v) is 12.1. The Morgan fingerprint density at radius 3 is 2.07 bits per heavy atom. The smallest absolute Gasteiger partial charge is 0.315 e. The Kier molecular flexibility index (Phi) is 6.54. The van der Waals surface area contributed by atoms with Crippen molar-refractivity contribution in [3.63, 3.8) is 0 Å².